The molecule has 2 rings (SSSR count). The summed E-state index contributed by atoms with van der Waals surface area (Å²) < 4.78 is 12.1. The highest BCUT2D eigenvalue weighted by molar-refractivity contribution is 7.87. The van der Waals surface area contributed by atoms with Crippen LogP contribution in [0.1, 0.15) is 54.1 Å². The summed E-state index contributed by atoms with van der Waals surface area (Å²) >= 11 is 7.56. The zero-order chi connectivity index (χ0) is 15.1. The molecular formula is C14H18ClNO2S2. The maximum absolute atomic E-state index is 12.5. The quantitative estimate of drug-likeness (QED) is 0.632. The van der Waals surface area contributed by atoms with Crippen LogP contribution in [0.2, 0.25) is 5.02 Å². The molecule has 2 atom stereocenters. The van der Waals surface area contributed by atoms with E-state index in [0.717, 1.165) is 17.7 Å². The van der Waals surface area contributed by atoms with E-state index < -0.39 is 10.8 Å². The lowest BCUT2D eigenvalue weighted by atomic mass is 10.2. The molecule has 1 aliphatic carbocycles. The lowest BCUT2D eigenvalue weighted by Gasteiger charge is -2.17. The van der Waals surface area contributed by atoms with Gasteiger partial charge in [0.25, 0.3) is 0 Å². The van der Waals surface area contributed by atoms with E-state index in [1.165, 1.54) is 18.3 Å². The van der Waals surface area contributed by atoms with Crippen LogP contribution in [0.15, 0.2) is 6.07 Å². The second-order valence-electron chi connectivity index (χ2n) is 5.41. The van der Waals surface area contributed by atoms with Crippen LogP contribution in [0.4, 0.5) is 0 Å². The van der Waals surface area contributed by atoms with Gasteiger partial charge in [0.15, 0.2) is 5.78 Å². The van der Waals surface area contributed by atoms with Gasteiger partial charge < -0.3 is 5.41 Å². The van der Waals surface area contributed by atoms with Gasteiger partial charge >= 0.3 is 0 Å². The van der Waals surface area contributed by atoms with E-state index in [4.69, 9.17) is 17.0 Å². The van der Waals surface area contributed by atoms with E-state index >= 15 is 0 Å². The lowest BCUT2D eigenvalue weighted by Crippen LogP contribution is -2.28. The lowest BCUT2D eigenvalue weighted by molar-refractivity contribution is 0.102. The predicted octanol–water partition coefficient (Wildman–Crippen LogP) is 4.03. The first-order valence-electron chi connectivity index (χ1n) is 6.52. The van der Waals surface area contributed by atoms with Crippen LogP contribution in [-0.2, 0) is 10.8 Å². The van der Waals surface area contributed by atoms with Crippen molar-refractivity contribution in [2.75, 3.05) is 5.75 Å². The minimum Gasteiger partial charge on any atom is -0.308 e. The maximum atomic E-state index is 12.5. The third kappa shape index (κ3) is 2.90. The Morgan fingerprint density at radius 2 is 2.15 bits per heavy atom. The molecule has 0 amide bonds. The van der Waals surface area contributed by atoms with Crippen molar-refractivity contribution in [1.29, 1.82) is 5.41 Å². The second-order valence-corrected chi connectivity index (χ2v) is 8.71. The van der Waals surface area contributed by atoms with Crippen molar-refractivity contribution >= 4 is 45.2 Å². The zero-order valence-electron chi connectivity index (χ0n) is 11.8. The van der Waals surface area contributed by atoms with Gasteiger partial charge in [-0.05, 0) is 32.8 Å². The van der Waals surface area contributed by atoms with Gasteiger partial charge in [-0.1, -0.05) is 18.5 Å². The molecule has 1 saturated carbocycles. The monoisotopic (exact) mass is 331 g/mol. The Morgan fingerprint density at radius 3 is 2.55 bits per heavy atom. The fraction of sp³-hybridized carbons (Fsp3) is 0.571. The summed E-state index contributed by atoms with van der Waals surface area (Å²) in [6, 6.07) is 1.69. The van der Waals surface area contributed by atoms with Gasteiger partial charge in [-0.3, -0.25) is 9.00 Å². The van der Waals surface area contributed by atoms with Gasteiger partial charge in [0.2, 0.25) is 0 Å². The Balaban J connectivity index is 2.13. The van der Waals surface area contributed by atoms with E-state index in [9.17, 15) is 9.00 Å². The molecule has 110 valence electrons. The molecule has 0 saturated heterocycles. The number of Topliss-reactive ketones (excluding diaryl/α,β-unsaturated/α-hetero) is 1. The summed E-state index contributed by atoms with van der Waals surface area (Å²) in [7, 11) is -1.05. The summed E-state index contributed by atoms with van der Waals surface area (Å²) in [5.74, 6) is 0.539. The van der Waals surface area contributed by atoms with Crippen molar-refractivity contribution in [3.05, 3.63) is 20.8 Å². The van der Waals surface area contributed by atoms with Crippen molar-refractivity contribution in [1.82, 2.24) is 0 Å². The molecule has 1 aromatic rings. The molecule has 0 aromatic carbocycles. The zero-order valence-corrected chi connectivity index (χ0v) is 14.2. The molecule has 1 aromatic heterocycles. The first kappa shape index (κ1) is 15.9. The number of carbonyl (C=O) groups is 1. The Morgan fingerprint density at radius 1 is 1.55 bits per heavy atom. The van der Waals surface area contributed by atoms with Crippen LogP contribution in [0.3, 0.4) is 0 Å². The largest absolute Gasteiger partial charge is 0.308 e. The fourth-order valence-corrected chi connectivity index (χ4v) is 5.66. The summed E-state index contributed by atoms with van der Waals surface area (Å²) in [5, 5.41) is 8.36. The minimum absolute atomic E-state index is 0.00507. The van der Waals surface area contributed by atoms with Crippen LogP contribution in [-0.4, -0.2) is 26.2 Å². The molecule has 1 aliphatic rings. The molecule has 1 N–H and O–H groups in total. The average Bonchev–Trinajstić information content (AvgIpc) is 3.07. The average molecular weight is 332 g/mol. The smallest absolute Gasteiger partial charge is 0.169 e. The molecule has 3 nitrogen and oxygen atoms in total. The highest BCUT2D eigenvalue weighted by Gasteiger charge is 2.50. The predicted molar refractivity (Wildman–Crippen MR) is 86.1 cm³/mol. The number of halogens is 1. The van der Waals surface area contributed by atoms with E-state index in [2.05, 4.69) is 0 Å². The summed E-state index contributed by atoms with van der Waals surface area (Å²) in [5.41, 5.74) is 0.518. The highest BCUT2D eigenvalue weighted by Crippen LogP contribution is 2.44. The number of nitrogens with one attached hydrogen (secondary N) is 1. The third-order valence-corrected chi connectivity index (χ3v) is 8.01. The van der Waals surface area contributed by atoms with Gasteiger partial charge in [-0.25, -0.2) is 0 Å². The Hall–Kier alpha value is -0.520. The standard InChI is InChI=1S/C14H18ClNO2S2/c1-8(7-20(18)14(4-5-14)10(3)16)13-11(15)6-12(19-13)9(2)17/h6,8,16H,4-5,7H2,1-3H3/t8-,20?/m0/s1. The molecule has 1 unspecified atom stereocenters. The minimum atomic E-state index is -1.05. The van der Waals surface area contributed by atoms with Crippen molar-refractivity contribution in [2.24, 2.45) is 0 Å². The Kier molecular flexibility index (Phi) is 4.52. The topological polar surface area (TPSA) is 58.0 Å². The summed E-state index contributed by atoms with van der Waals surface area (Å²) in [6.45, 7) is 5.24. The normalized spacial score (nSPS) is 19.4. The molecule has 0 spiro atoms. The third-order valence-electron chi connectivity index (χ3n) is 3.73. The van der Waals surface area contributed by atoms with Gasteiger partial charge in [0.1, 0.15) is 0 Å². The van der Waals surface area contributed by atoms with E-state index in [-0.39, 0.29) is 16.4 Å². The van der Waals surface area contributed by atoms with Crippen LogP contribution in [0.25, 0.3) is 0 Å². The van der Waals surface area contributed by atoms with Gasteiger partial charge in [0, 0.05) is 33.1 Å². The number of carbonyl (C=O) groups excluding carboxylic acids is 1. The van der Waals surface area contributed by atoms with Gasteiger partial charge in [-0.15, -0.1) is 11.3 Å². The van der Waals surface area contributed by atoms with Crippen molar-refractivity contribution in [3.63, 3.8) is 0 Å². The highest BCUT2D eigenvalue weighted by atomic mass is 35.5. The van der Waals surface area contributed by atoms with Gasteiger partial charge in [0.05, 0.1) is 14.6 Å². The number of thiophene rings is 1. The van der Waals surface area contributed by atoms with Crippen LogP contribution in [0.5, 0.6) is 0 Å². The first-order chi connectivity index (χ1) is 9.28. The molecule has 20 heavy (non-hydrogen) atoms. The van der Waals surface area contributed by atoms with E-state index in [0.29, 0.717) is 21.4 Å². The van der Waals surface area contributed by atoms with Gasteiger partial charge in [-0.2, -0.15) is 0 Å². The van der Waals surface area contributed by atoms with Crippen molar-refractivity contribution in [2.45, 2.75) is 44.3 Å². The molecule has 1 heterocycles. The molecule has 0 radical (unpaired) electrons. The number of hydrogen-bond acceptors (Lipinski definition) is 4. The number of ketones is 1. The number of rotatable bonds is 6. The van der Waals surface area contributed by atoms with E-state index in [1.807, 2.05) is 6.92 Å². The Bertz CT molecular complexity index is 590. The summed E-state index contributed by atoms with van der Waals surface area (Å²) in [6.07, 6.45) is 1.69. The van der Waals surface area contributed by atoms with Crippen molar-refractivity contribution < 1.29 is 9.00 Å². The fourth-order valence-electron chi connectivity index (χ4n) is 2.24. The van der Waals surface area contributed by atoms with Crippen LogP contribution < -0.4 is 0 Å². The number of hydrogen-bond donors (Lipinski definition) is 1. The van der Waals surface area contributed by atoms with Crippen LogP contribution >= 0.6 is 22.9 Å². The SMILES string of the molecule is CC(=N)C1(S(=O)C[C@H](C)c2sc(C(C)=O)cc2Cl)CC1. The molecule has 6 heteroatoms. The molecular weight excluding hydrogens is 314 g/mol. The molecule has 1 fully saturated rings. The molecule has 0 bridgehead atoms. The second kappa shape index (κ2) is 5.70. The Labute approximate surface area is 130 Å². The first-order valence-corrected chi connectivity index (χ1v) is 9.03. The van der Waals surface area contributed by atoms with E-state index in [1.54, 1.807) is 13.0 Å². The molecule has 0 aliphatic heterocycles. The summed E-state index contributed by atoms with van der Waals surface area (Å²) in [4.78, 5) is 12.9. The van der Waals surface area contributed by atoms with Crippen molar-refractivity contribution in [3.8, 4) is 0 Å². The van der Waals surface area contributed by atoms with Crippen LogP contribution in [0, 0.1) is 5.41 Å². The maximum Gasteiger partial charge on any atom is 0.169 e.